The number of hydrogen-bond acceptors (Lipinski definition) is 4. The number of rotatable bonds is 6. The Morgan fingerprint density at radius 3 is 3.00 bits per heavy atom. The predicted molar refractivity (Wildman–Crippen MR) is 108 cm³/mol. The molecule has 0 radical (unpaired) electrons. The van der Waals surface area contributed by atoms with Crippen molar-refractivity contribution in [2.75, 3.05) is 6.54 Å². The van der Waals surface area contributed by atoms with Gasteiger partial charge in [0.1, 0.15) is 5.83 Å². The number of fused-ring (bicyclic) bond motifs is 1. The zero-order chi connectivity index (χ0) is 15.9. The van der Waals surface area contributed by atoms with E-state index in [-0.39, 0.29) is 56.3 Å². The Labute approximate surface area is 178 Å². The maximum absolute atomic E-state index is 13.9. The first-order valence-electron chi connectivity index (χ1n) is 7.22. The zero-order valence-corrected chi connectivity index (χ0v) is 20.4. The molecule has 2 rings (SSSR count). The molecule has 130 valence electrons. The van der Waals surface area contributed by atoms with Gasteiger partial charge in [0.2, 0.25) is 0 Å². The minimum Gasteiger partial charge on any atom is -0.463 e. The fourth-order valence-electron chi connectivity index (χ4n) is 2.39. The molecule has 4 nitrogen and oxygen atoms in total. The first kappa shape index (κ1) is 23.8. The predicted octanol–water partition coefficient (Wildman–Crippen LogP) is 3.45. The Morgan fingerprint density at radius 2 is 2.38 bits per heavy atom. The zero-order valence-electron chi connectivity index (χ0n) is 14.1. The van der Waals surface area contributed by atoms with Gasteiger partial charge < -0.3 is 23.5 Å². The molecule has 2 atom stereocenters. The summed E-state index contributed by atoms with van der Waals surface area (Å²) in [7, 11) is 0. The van der Waals surface area contributed by atoms with Gasteiger partial charge in [-0.25, -0.2) is 4.39 Å². The summed E-state index contributed by atoms with van der Waals surface area (Å²) in [6, 6.07) is -0.0105. The molecule has 0 aromatic heterocycles. The molecule has 0 spiro atoms. The van der Waals surface area contributed by atoms with Gasteiger partial charge in [-0.05, 0) is 18.9 Å². The summed E-state index contributed by atoms with van der Waals surface area (Å²) in [5.41, 5.74) is 7.39. The maximum atomic E-state index is 13.9. The third-order valence-corrected chi connectivity index (χ3v) is 5.79. The van der Waals surface area contributed by atoms with Crippen LogP contribution in [0.25, 0.3) is 0 Å². The van der Waals surface area contributed by atoms with Crippen LogP contribution in [0.1, 0.15) is 19.8 Å². The van der Waals surface area contributed by atoms with Crippen molar-refractivity contribution in [3.63, 3.8) is 0 Å². The van der Waals surface area contributed by atoms with Crippen LogP contribution in [0.2, 0.25) is 0 Å². The molecule has 0 amide bonds. The molecule has 24 heavy (non-hydrogen) atoms. The van der Waals surface area contributed by atoms with Gasteiger partial charge in [0, 0.05) is 28.5 Å². The van der Waals surface area contributed by atoms with Crippen LogP contribution in [0.4, 0.5) is 4.39 Å². The first-order chi connectivity index (χ1) is 10.7. The maximum Gasteiger partial charge on any atom is 2.00 e. The summed E-state index contributed by atoms with van der Waals surface area (Å²) in [5.74, 6) is -0.0126. The normalized spacial score (nSPS) is 23.0. The first-order valence-corrected chi connectivity index (χ1v) is 9.82. The molecular weight excluding hydrogens is 644 g/mol. The molecule has 0 bridgehead atoms. The van der Waals surface area contributed by atoms with E-state index in [1.54, 1.807) is 12.3 Å². The van der Waals surface area contributed by atoms with E-state index in [1.165, 1.54) is 6.54 Å². The van der Waals surface area contributed by atoms with Crippen LogP contribution in [0.5, 0.6) is 0 Å². The van der Waals surface area contributed by atoms with Crippen LogP contribution in [0.3, 0.4) is 0 Å². The Balaban J connectivity index is 0.00000264. The molecule has 7 heteroatoms. The molecule has 0 fully saturated rings. The van der Waals surface area contributed by atoms with Crippen LogP contribution < -0.4 is 11.1 Å². The summed E-state index contributed by atoms with van der Waals surface area (Å²) in [6.45, 7) is 4.11. The minimum atomic E-state index is -0.436. The fraction of sp³-hybridized carbons (Fsp3) is 0.353. The molecule has 0 aromatic rings. The summed E-state index contributed by atoms with van der Waals surface area (Å²) in [6.07, 6.45) is 8.52. The molecule has 0 aliphatic carbocycles. The van der Waals surface area contributed by atoms with Crippen LogP contribution in [-0.2, 0) is 0 Å². The standard InChI is InChI=1S/C16H21FIN4.CH3.U/c1-3-14(18-2)13(17)6-4-5-11-8-20-10-15-16(11)22-12(7-19)9-21-15;;/h4,6-8,10-11,16,21H,2-3,5,9,19H2,1H3;1H3;/q2*-1;+2/b6-4-,14-13-;;/t11-,16-;;/m1../s1. The average Bonchev–Trinajstić information content (AvgIpc) is 2.55. The Hall–Kier alpha value is -0.228. The molecular formula is C17H24FIN4U. The molecule has 0 saturated heterocycles. The van der Waals surface area contributed by atoms with E-state index in [1.807, 2.05) is 19.2 Å². The SMILES string of the molecule is C=I/C(CC)=C(F)/C=C\C[C@@H]1C=NC=C2NCC([CH-]N)=N[C@@H]21.[CH3-].[U+2]. The third-order valence-electron chi connectivity index (χ3n) is 3.59. The van der Waals surface area contributed by atoms with Gasteiger partial charge in [-0.15, -0.1) is 0 Å². The summed E-state index contributed by atoms with van der Waals surface area (Å²) < 4.78 is 18.7. The number of hydrogen-bond donors (Lipinski definition) is 2. The summed E-state index contributed by atoms with van der Waals surface area (Å²) >= 11 is -0.436. The molecule has 0 saturated carbocycles. The monoisotopic (exact) mass is 668 g/mol. The van der Waals surface area contributed by atoms with Crippen LogP contribution >= 0.6 is 20.7 Å². The van der Waals surface area contributed by atoms with Crippen LogP contribution in [-0.4, -0.2) is 29.0 Å². The van der Waals surface area contributed by atoms with E-state index in [0.29, 0.717) is 13.0 Å². The van der Waals surface area contributed by atoms with Crippen molar-refractivity contribution in [3.8, 4) is 0 Å². The minimum absolute atomic E-state index is 0. The van der Waals surface area contributed by atoms with Crippen molar-refractivity contribution < 1.29 is 35.5 Å². The van der Waals surface area contributed by atoms with Crippen LogP contribution in [0.15, 0.2) is 43.4 Å². The van der Waals surface area contributed by atoms with Crippen molar-refractivity contribution >= 4 is 37.2 Å². The van der Waals surface area contributed by atoms with E-state index in [2.05, 4.69) is 19.8 Å². The van der Waals surface area contributed by atoms with Crippen molar-refractivity contribution in [1.82, 2.24) is 5.32 Å². The Kier molecular flexibility index (Phi) is 12.1. The van der Waals surface area contributed by atoms with E-state index in [9.17, 15) is 4.39 Å². The van der Waals surface area contributed by atoms with Gasteiger partial charge in [-0.1, -0.05) is 44.0 Å². The molecule has 2 aliphatic rings. The number of halogens is 2. The van der Waals surface area contributed by atoms with E-state index >= 15 is 0 Å². The van der Waals surface area contributed by atoms with Gasteiger partial charge >= 0.3 is 31.1 Å². The molecule has 2 heterocycles. The van der Waals surface area contributed by atoms with Crippen molar-refractivity contribution in [2.24, 2.45) is 21.6 Å². The third kappa shape index (κ3) is 6.25. The number of allylic oxidation sites excluding steroid dienone is 4. The Morgan fingerprint density at radius 1 is 1.62 bits per heavy atom. The Bertz CT molecular complexity index is 581. The van der Waals surface area contributed by atoms with Gasteiger partial charge in [-0.2, -0.15) is 0 Å². The van der Waals surface area contributed by atoms with Crippen molar-refractivity contribution in [1.29, 1.82) is 0 Å². The van der Waals surface area contributed by atoms with Gasteiger partial charge in [0.25, 0.3) is 0 Å². The second-order valence-electron chi connectivity index (χ2n) is 5.01. The summed E-state index contributed by atoms with van der Waals surface area (Å²) in [4.78, 5) is 8.89. The van der Waals surface area contributed by atoms with Crippen molar-refractivity contribution in [2.45, 2.75) is 25.8 Å². The average molecular weight is 668 g/mol. The molecule has 0 aromatic carbocycles. The van der Waals surface area contributed by atoms with E-state index in [0.717, 1.165) is 21.4 Å². The molecule has 2 aliphatic heterocycles. The number of nitrogens with zero attached hydrogens (tertiary/aromatic N) is 2. The molecule has 0 unspecified atom stereocenters. The van der Waals surface area contributed by atoms with Gasteiger partial charge in [-0.3, -0.25) is 11.5 Å². The van der Waals surface area contributed by atoms with Crippen molar-refractivity contribution in [3.05, 3.63) is 47.4 Å². The number of nitrogens with one attached hydrogen (secondary N) is 1. The van der Waals surface area contributed by atoms with Crippen LogP contribution in [0, 0.1) is 51.0 Å². The van der Waals surface area contributed by atoms with Gasteiger partial charge in [0.05, 0.1) is 11.7 Å². The fourth-order valence-corrected chi connectivity index (χ4v) is 3.48. The molecule has 3 N–H and O–H groups in total. The van der Waals surface area contributed by atoms with E-state index < -0.39 is 20.7 Å². The number of aliphatic imine (C=N–C) groups is 2. The smallest absolute Gasteiger partial charge is 0.463 e. The number of nitrogens with two attached hydrogens (primary N) is 1. The van der Waals surface area contributed by atoms with Gasteiger partial charge in [0.15, 0.2) is 0 Å². The second kappa shape index (κ2) is 12.2. The van der Waals surface area contributed by atoms with E-state index in [4.69, 9.17) is 5.73 Å². The topological polar surface area (TPSA) is 62.8 Å². The second-order valence-corrected chi connectivity index (χ2v) is 7.07. The quantitative estimate of drug-likeness (QED) is 0.259. The summed E-state index contributed by atoms with van der Waals surface area (Å²) in [5, 5.41) is 3.28. The largest absolute Gasteiger partial charge is 2.00 e.